The molecule has 3 N–H and O–H groups in total. The van der Waals surface area contributed by atoms with Crippen LogP contribution in [-0.2, 0) is 11.8 Å². The Kier molecular flexibility index (Phi) is 7.18. The van der Waals surface area contributed by atoms with E-state index in [1.165, 1.54) is 32.1 Å². The molecule has 0 saturated carbocycles. The Hall–Kier alpha value is -1.36. The molecule has 5 heteroatoms. The quantitative estimate of drug-likeness (QED) is 0.670. The number of rotatable bonds is 9. The third-order valence-corrected chi connectivity index (χ3v) is 3.20. The molecule has 0 radical (unpaired) electrons. The summed E-state index contributed by atoms with van der Waals surface area (Å²) in [5, 5.41) is 6.90. The molecular weight excluding hydrogens is 240 g/mol. The molecule has 0 aliphatic carbocycles. The third kappa shape index (κ3) is 5.87. The number of nitrogens with zero attached hydrogens (tertiary/aromatic N) is 2. The first-order chi connectivity index (χ1) is 9.15. The average Bonchev–Trinajstić information content (AvgIpc) is 2.83. The highest BCUT2D eigenvalue weighted by atomic mass is 16.2. The molecular formula is C14H26N4O. The predicted octanol–water partition coefficient (Wildman–Crippen LogP) is 1.90. The number of nitrogens with two attached hydrogens (primary N) is 1. The minimum atomic E-state index is -0.617. The molecule has 1 rings (SSSR count). The number of carbonyl (C=O) groups excluding carboxylic acids is 1. The van der Waals surface area contributed by atoms with E-state index < -0.39 is 6.04 Å². The van der Waals surface area contributed by atoms with E-state index in [9.17, 15) is 4.79 Å². The number of nitrogens with one attached hydrogen (secondary N) is 1. The van der Waals surface area contributed by atoms with Gasteiger partial charge < -0.3 is 11.1 Å². The molecule has 1 unspecified atom stereocenters. The number of aromatic nitrogens is 2. The molecule has 0 aliphatic rings. The zero-order chi connectivity index (χ0) is 14.1. The van der Waals surface area contributed by atoms with Gasteiger partial charge in [-0.25, -0.2) is 0 Å². The second kappa shape index (κ2) is 8.69. The van der Waals surface area contributed by atoms with Gasteiger partial charge in [-0.15, -0.1) is 0 Å². The highest BCUT2D eigenvalue weighted by Crippen LogP contribution is 2.08. The molecule has 1 heterocycles. The van der Waals surface area contributed by atoms with E-state index in [0.29, 0.717) is 6.54 Å². The molecule has 1 amide bonds. The maximum atomic E-state index is 11.8. The lowest BCUT2D eigenvalue weighted by molar-refractivity contribution is -0.122. The van der Waals surface area contributed by atoms with Crippen molar-refractivity contribution in [2.24, 2.45) is 12.8 Å². The van der Waals surface area contributed by atoms with Gasteiger partial charge in [0.05, 0.1) is 6.20 Å². The topological polar surface area (TPSA) is 72.9 Å². The van der Waals surface area contributed by atoms with Crippen LogP contribution in [0.1, 0.15) is 57.1 Å². The molecule has 19 heavy (non-hydrogen) atoms. The normalized spacial score (nSPS) is 12.4. The Morgan fingerprint density at radius 3 is 2.68 bits per heavy atom. The summed E-state index contributed by atoms with van der Waals surface area (Å²) in [4.78, 5) is 11.8. The van der Waals surface area contributed by atoms with E-state index in [0.717, 1.165) is 12.0 Å². The number of amides is 1. The lowest BCUT2D eigenvalue weighted by Gasteiger charge is -2.10. The third-order valence-electron chi connectivity index (χ3n) is 3.20. The number of hydrogen-bond acceptors (Lipinski definition) is 3. The van der Waals surface area contributed by atoms with Gasteiger partial charge in [0.15, 0.2) is 0 Å². The number of carbonyl (C=O) groups is 1. The maximum absolute atomic E-state index is 11.8. The minimum Gasteiger partial charge on any atom is -0.354 e. The van der Waals surface area contributed by atoms with Crippen LogP contribution in [0.4, 0.5) is 0 Å². The van der Waals surface area contributed by atoms with Gasteiger partial charge in [-0.2, -0.15) is 5.10 Å². The number of unbranched alkanes of at least 4 members (excludes halogenated alkanes) is 5. The van der Waals surface area contributed by atoms with Crippen molar-refractivity contribution in [1.29, 1.82) is 0 Å². The van der Waals surface area contributed by atoms with Gasteiger partial charge in [0.1, 0.15) is 6.04 Å². The Balaban J connectivity index is 2.14. The zero-order valence-corrected chi connectivity index (χ0v) is 12.1. The van der Waals surface area contributed by atoms with Crippen LogP contribution in [0.2, 0.25) is 0 Å². The fourth-order valence-corrected chi connectivity index (χ4v) is 1.98. The molecule has 5 nitrogen and oxygen atoms in total. The minimum absolute atomic E-state index is 0.124. The average molecular weight is 266 g/mol. The van der Waals surface area contributed by atoms with Crippen molar-refractivity contribution in [3.8, 4) is 0 Å². The van der Waals surface area contributed by atoms with Crippen molar-refractivity contribution in [2.45, 2.75) is 51.5 Å². The van der Waals surface area contributed by atoms with Gasteiger partial charge in [0.25, 0.3) is 0 Å². The van der Waals surface area contributed by atoms with Crippen LogP contribution in [0.25, 0.3) is 0 Å². The SMILES string of the molecule is CCCCCCCCNC(=O)C(N)c1cnn(C)c1. The van der Waals surface area contributed by atoms with E-state index >= 15 is 0 Å². The van der Waals surface area contributed by atoms with Gasteiger partial charge in [-0.05, 0) is 6.42 Å². The summed E-state index contributed by atoms with van der Waals surface area (Å²) in [5.41, 5.74) is 6.62. The smallest absolute Gasteiger partial charge is 0.241 e. The van der Waals surface area contributed by atoms with Crippen molar-refractivity contribution >= 4 is 5.91 Å². The highest BCUT2D eigenvalue weighted by molar-refractivity contribution is 5.82. The molecule has 1 aromatic rings. The molecule has 0 fully saturated rings. The van der Waals surface area contributed by atoms with Crippen LogP contribution in [0, 0.1) is 0 Å². The molecule has 108 valence electrons. The summed E-state index contributed by atoms with van der Waals surface area (Å²) in [6, 6.07) is -0.617. The second-order valence-corrected chi connectivity index (χ2v) is 4.98. The summed E-state index contributed by atoms with van der Waals surface area (Å²) in [6.07, 6.45) is 10.7. The predicted molar refractivity (Wildman–Crippen MR) is 76.5 cm³/mol. The first-order valence-electron chi connectivity index (χ1n) is 7.17. The zero-order valence-electron chi connectivity index (χ0n) is 12.1. The van der Waals surface area contributed by atoms with Gasteiger partial charge >= 0.3 is 0 Å². The lowest BCUT2D eigenvalue weighted by Crippen LogP contribution is -2.34. The number of aryl methyl sites for hydroxylation is 1. The summed E-state index contributed by atoms with van der Waals surface area (Å²) in [5.74, 6) is -0.124. The molecule has 1 atom stereocenters. The second-order valence-electron chi connectivity index (χ2n) is 4.98. The summed E-state index contributed by atoms with van der Waals surface area (Å²) in [6.45, 7) is 2.92. The molecule has 1 aromatic heterocycles. The van der Waals surface area contributed by atoms with Crippen molar-refractivity contribution in [3.63, 3.8) is 0 Å². The van der Waals surface area contributed by atoms with Crippen molar-refractivity contribution in [1.82, 2.24) is 15.1 Å². The van der Waals surface area contributed by atoms with E-state index in [2.05, 4.69) is 17.3 Å². The van der Waals surface area contributed by atoms with Crippen LogP contribution in [0.5, 0.6) is 0 Å². The fraction of sp³-hybridized carbons (Fsp3) is 0.714. The van der Waals surface area contributed by atoms with Crippen LogP contribution in [-0.4, -0.2) is 22.2 Å². The summed E-state index contributed by atoms with van der Waals surface area (Å²) in [7, 11) is 1.81. The summed E-state index contributed by atoms with van der Waals surface area (Å²) >= 11 is 0. The van der Waals surface area contributed by atoms with E-state index in [4.69, 9.17) is 5.73 Å². The van der Waals surface area contributed by atoms with Crippen molar-refractivity contribution < 1.29 is 4.79 Å². The maximum Gasteiger partial charge on any atom is 0.241 e. The van der Waals surface area contributed by atoms with Crippen molar-refractivity contribution in [2.75, 3.05) is 6.54 Å². The van der Waals surface area contributed by atoms with Crippen LogP contribution < -0.4 is 11.1 Å². The molecule has 0 aliphatic heterocycles. The van der Waals surface area contributed by atoms with Crippen LogP contribution in [0.3, 0.4) is 0 Å². The van der Waals surface area contributed by atoms with Crippen LogP contribution >= 0.6 is 0 Å². The fourth-order valence-electron chi connectivity index (χ4n) is 1.98. The van der Waals surface area contributed by atoms with Gasteiger partial charge in [-0.3, -0.25) is 9.48 Å². The Labute approximate surface area is 115 Å². The first kappa shape index (κ1) is 15.7. The molecule has 0 spiro atoms. The standard InChI is InChI=1S/C14H26N4O/c1-3-4-5-6-7-8-9-16-14(19)13(15)12-10-17-18(2)11-12/h10-11,13H,3-9,15H2,1-2H3,(H,16,19). The van der Waals surface area contributed by atoms with Gasteiger partial charge in [0, 0.05) is 25.4 Å². The lowest BCUT2D eigenvalue weighted by atomic mass is 10.1. The molecule has 0 bridgehead atoms. The van der Waals surface area contributed by atoms with Gasteiger partial charge in [0.2, 0.25) is 5.91 Å². The van der Waals surface area contributed by atoms with Crippen LogP contribution in [0.15, 0.2) is 12.4 Å². The van der Waals surface area contributed by atoms with E-state index in [-0.39, 0.29) is 5.91 Å². The first-order valence-corrected chi connectivity index (χ1v) is 7.17. The highest BCUT2D eigenvalue weighted by Gasteiger charge is 2.16. The van der Waals surface area contributed by atoms with Crippen molar-refractivity contribution in [3.05, 3.63) is 18.0 Å². The largest absolute Gasteiger partial charge is 0.354 e. The monoisotopic (exact) mass is 266 g/mol. The molecule has 0 saturated heterocycles. The van der Waals surface area contributed by atoms with Gasteiger partial charge in [-0.1, -0.05) is 39.0 Å². The Morgan fingerprint density at radius 2 is 2.05 bits per heavy atom. The molecule has 0 aromatic carbocycles. The van der Waals surface area contributed by atoms with E-state index in [1.54, 1.807) is 17.1 Å². The Morgan fingerprint density at radius 1 is 1.37 bits per heavy atom. The van der Waals surface area contributed by atoms with E-state index in [1.807, 2.05) is 7.05 Å². The Bertz CT molecular complexity index is 375. The summed E-state index contributed by atoms with van der Waals surface area (Å²) < 4.78 is 1.65. The number of hydrogen-bond donors (Lipinski definition) is 2.